The summed E-state index contributed by atoms with van der Waals surface area (Å²) in [5.74, 6) is 0.490. The first-order valence-corrected chi connectivity index (χ1v) is 16.1. The lowest BCUT2D eigenvalue weighted by molar-refractivity contribution is -0.0507. The number of ether oxygens (including phenoxy) is 1. The highest BCUT2D eigenvalue weighted by molar-refractivity contribution is 7.88. The third kappa shape index (κ3) is 5.07. The maximum absolute atomic E-state index is 13.7. The molecule has 7 rings (SSSR count). The quantitative estimate of drug-likeness (QED) is 0.304. The fourth-order valence-electron chi connectivity index (χ4n) is 6.73. The first-order chi connectivity index (χ1) is 21.3. The van der Waals surface area contributed by atoms with Gasteiger partial charge in [0.05, 0.1) is 52.9 Å². The van der Waals surface area contributed by atoms with Crippen molar-refractivity contribution < 1.29 is 26.7 Å². The Balaban J connectivity index is 1.28. The third-order valence-electron chi connectivity index (χ3n) is 8.68. The van der Waals surface area contributed by atoms with E-state index in [1.165, 1.54) is 28.8 Å². The molecule has 0 unspecified atom stereocenters. The number of fused-ring (bicyclic) bond motifs is 9. The smallest absolute Gasteiger partial charge is 0.387 e. The molecule has 1 saturated heterocycles. The molecule has 1 amide bonds. The number of piperazine rings is 1. The normalized spacial score (nSPS) is 20.4. The molecule has 0 N–H and O–H groups in total. The summed E-state index contributed by atoms with van der Waals surface area (Å²) in [6.45, 7) is -1.26. The second kappa shape index (κ2) is 10.6. The number of halogens is 2. The lowest BCUT2D eigenvalue weighted by Crippen LogP contribution is -2.54. The van der Waals surface area contributed by atoms with Crippen LogP contribution in [-0.2, 0) is 10.0 Å². The minimum Gasteiger partial charge on any atom is -0.434 e. The molecule has 16 heteroatoms. The van der Waals surface area contributed by atoms with Crippen molar-refractivity contribution in [1.82, 2.24) is 23.7 Å². The summed E-state index contributed by atoms with van der Waals surface area (Å²) in [6.07, 6.45) is 3.21. The van der Waals surface area contributed by atoms with Gasteiger partial charge in [0.15, 0.2) is 0 Å². The number of hydrogen-bond acceptors (Lipinski definition) is 7. The van der Waals surface area contributed by atoms with Gasteiger partial charge < -0.3 is 19.1 Å². The molecule has 2 bridgehead atoms. The SMILES string of the molecule is [B]C([B])([B])N1C(=O)c2cccc(OC(F)F)c2[C@H]2C[C@@H]1c1nc3ccc(-c4ccc(N5CCN(S(C)(=O)=O)CC5)nc4)cc3n12. The first-order valence-electron chi connectivity index (χ1n) is 14.3. The van der Waals surface area contributed by atoms with Crippen LogP contribution in [0.5, 0.6) is 5.75 Å². The van der Waals surface area contributed by atoms with E-state index in [1.54, 1.807) is 6.20 Å². The van der Waals surface area contributed by atoms with Gasteiger partial charge in [0.2, 0.25) is 10.0 Å². The van der Waals surface area contributed by atoms with Crippen LogP contribution in [0.25, 0.3) is 22.2 Å². The minimum atomic E-state index is -3.24. The molecule has 10 nitrogen and oxygen atoms in total. The fourth-order valence-corrected chi connectivity index (χ4v) is 7.55. The van der Waals surface area contributed by atoms with E-state index in [2.05, 4.69) is 4.98 Å². The highest BCUT2D eigenvalue weighted by Crippen LogP contribution is 2.51. The Morgan fingerprint density at radius 3 is 2.38 bits per heavy atom. The average molecular weight is 624 g/mol. The Labute approximate surface area is 262 Å². The topological polar surface area (TPSA) is 101 Å². The van der Waals surface area contributed by atoms with Crippen LogP contribution < -0.4 is 9.64 Å². The number of aromatic nitrogens is 3. The lowest BCUT2D eigenvalue weighted by atomic mass is 9.48. The number of carbonyl (C=O) groups is 1. The second-order valence-electron chi connectivity index (χ2n) is 11.5. The Kier molecular flexibility index (Phi) is 7.01. The van der Waals surface area contributed by atoms with Crippen LogP contribution in [0.2, 0.25) is 0 Å². The molecule has 3 aliphatic heterocycles. The molecule has 2 atom stereocenters. The van der Waals surface area contributed by atoms with Crippen LogP contribution in [0.15, 0.2) is 54.7 Å². The number of nitrogens with zero attached hydrogens (tertiary/aromatic N) is 6. The van der Waals surface area contributed by atoms with Gasteiger partial charge in [-0.3, -0.25) is 4.79 Å². The van der Waals surface area contributed by atoms with Crippen LogP contribution in [-0.4, -0.2) is 106 Å². The van der Waals surface area contributed by atoms with Crippen molar-refractivity contribution >= 4 is 56.3 Å². The number of imidazole rings is 1. The molecule has 2 aromatic heterocycles. The third-order valence-corrected chi connectivity index (χ3v) is 9.98. The molecule has 45 heavy (non-hydrogen) atoms. The van der Waals surface area contributed by atoms with E-state index >= 15 is 0 Å². The van der Waals surface area contributed by atoms with Gasteiger partial charge >= 0.3 is 6.61 Å². The van der Waals surface area contributed by atoms with E-state index < -0.39 is 39.9 Å². The summed E-state index contributed by atoms with van der Waals surface area (Å²) in [5.41, 5.74) is 3.39. The second-order valence-corrected chi connectivity index (χ2v) is 13.5. The van der Waals surface area contributed by atoms with E-state index in [-0.39, 0.29) is 23.3 Å². The molecule has 0 saturated carbocycles. The van der Waals surface area contributed by atoms with E-state index in [9.17, 15) is 22.0 Å². The molecule has 0 aliphatic carbocycles. The predicted molar refractivity (Wildman–Crippen MR) is 166 cm³/mol. The summed E-state index contributed by atoms with van der Waals surface area (Å²) in [4.78, 5) is 26.4. The van der Waals surface area contributed by atoms with Gasteiger partial charge in [0.1, 0.15) is 17.4 Å². The Morgan fingerprint density at radius 2 is 1.73 bits per heavy atom. The molecule has 1 fully saturated rings. The number of anilines is 1. The molecule has 4 aromatic rings. The molecule has 6 radical (unpaired) electrons. The Morgan fingerprint density at radius 1 is 1.00 bits per heavy atom. The number of carbonyl (C=O) groups excluding carboxylic acids is 1. The molecule has 2 aromatic carbocycles. The van der Waals surface area contributed by atoms with Gasteiger partial charge in [0, 0.05) is 55.5 Å². The Bertz CT molecular complexity index is 1930. The summed E-state index contributed by atoms with van der Waals surface area (Å²) in [5, 5.41) is -2.06. The highest BCUT2D eigenvalue weighted by Gasteiger charge is 2.48. The van der Waals surface area contributed by atoms with Crippen LogP contribution in [0.3, 0.4) is 0 Å². The van der Waals surface area contributed by atoms with Crippen LogP contribution >= 0.6 is 0 Å². The van der Waals surface area contributed by atoms with Crippen molar-refractivity contribution in [3.63, 3.8) is 0 Å². The molecule has 0 spiro atoms. The highest BCUT2D eigenvalue weighted by atomic mass is 32.2. The molecule has 5 heterocycles. The summed E-state index contributed by atoms with van der Waals surface area (Å²) >= 11 is 0. The number of alkyl halides is 2. The summed E-state index contributed by atoms with van der Waals surface area (Å²) < 4.78 is 59.0. The van der Waals surface area contributed by atoms with Crippen molar-refractivity contribution in [3.05, 3.63) is 71.7 Å². The first kappa shape index (κ1) is 29.8. The molecular weight excluding hydrogens is 599 g/mol. The van der Waals surface area contributed by atoms with Gasteiger partial charge in [-0.05, 0) is 42.0 Å². The zero-order valence-corrected chi connectivity index (χ0v) is 25.0. The van der Waals surface area contributed by atoms with Gasteiger partial charge in [-0.25, -0.2) is 18.4 Å². The van der Waals surface area contributed by atoms with E-state index in [4.69, 9.17) is 33.3 Å². The van der Waals surface area contributed by atoms with E-state index in [0.29, 0.717) is 43.0 Å². The van der Waals surface area contributed by atoms with Gasteiger partial charge in [0.25, 0.3) is 5.91 Å². The van der Waals surface area contributed by atoms with Crippen LogP contribution in [0, 0.1) is 0 Å². The number of benzene rings is 2. The van der Waals surface area contributed by atoms with Crippen LogP contribution in [0.4, 0.5) is 14.6 Å². The Hall–Kier alpha value is -3.91. The number of rotatable bonds is 6. The average Bonchev–Trinajstić information content (AvgIpc) is 3.49. The van der Waals surface area contributed by atoms with E-state index in [0.717, 1.165) is 21.8 Å². The monoisotopic (exact) mass is 624 g/mol. The maximum atomic E-state index is 13.7. The number of hydrogen-bond donors (Lipinski definition) is 0. The number of amides is 1. The fraction of sp³-hybridized carbons (Fsp3) is 0.345. The van der Waals surface area contributed by atoms with Crippen molar-refractivity contribution in [3.8, 4) is 16.9 Å². The van der Waals surface area contributed by atoms with E-state index in [1.807, 2.05) is 39.8 Å². The largest absolute Gasteiger partial charge is 0.434 e. The maximum Gasteiger partial charge on any atom is 0.387 e. The number of pyridine rings is 1. The van der Waals surface area contributed by atoms with Gasteiger partial charge in [-0.2, -0.15) is 13.1 Å². The van der Waals surface area contributed by atoms with Crippen molar-refractivity contribution in [2.45, 2.75) is 30.4 Å². The van der Waals surface area contributed by atoms with Crippen molar-refractivity contribution in [2.75, 3.05) is 37.3 Å². The summed E-state index contributed by atoms with van der Waals surface area (Å²) in [6, 6.07) is 12.6. The lowest BCUT2D eigenvalue weighted by Gasteiger charge is -2.41. The van der Waals surface area contributed by atoms with Gasteiger partial charge in [-0.15, -0.1) is 0 Å². The zero-order chi connectivity index (χ0) is 31.8. The van der Waals surface area contributed by atoms with Crippen LogP contribution in [0.1, 0.15) is 40.3 Å². The summed E-state index contributed by atoms with van der Waals surface area (Å²) in [7, 11) is 15.1. The number of sulfonamides is 1. The van der Waals surface area contributed by atoms with Crippen molar-refractivity contribution in [1.29, 1.82) is 0 Å². The van der Waals surface area contributed by atoms with Gasteiger partial charge in [-0.1, -0.05) is 17.4 Å². The molecular formula is C29H25B3F2N6O4S. The van der Waals surface area contributed by atoms with Crippen molar-refractivity contribution in [2.24, 2.45) is 0 Å². The minimum absolute atomic E-state index is 0.118. The molecule has 224 valence electrons. The zero-order valence-electron chi connectivity index (χ0n) is 24.2. The predicted octanol–water partition coefficient (Wildman–Crippen LogP) is 2.39. The molecule has 3 aliphatic rings. The standard InChI is InChI=1S/C29H25B3F2N6O4S/c1-45(42,43)38-11-9-37(10-12-38)24-8-6-17(15-35-24)16-5-7-19-20(13-16)39-21-14-22(26(39)36-19)40(29(30,31)32)27(41)18-3-2-4-23(25(18)21)44-28(33)34/h2-8,13,15,21-22,28H,9-12,14H2,1H3/t21-,22-/m1/s1.